The Morgan fingerprint density at radius 1 is 1.14 bits per heavy atom. The van der Waals surface area contributed by atoms with Crippen molar-refractivity contribution in [3.05, 3.63) is 35.9 Å². The predicted octanol–water partition coefficient (Wildman–Crippen LogP) is 1.47. The van der Waals surface area contributed by atoms with Crippen LogP contribution in [0, 0.1) is 0 Å². The Morgan fingerprint density at radius 3 is 2.81 bits per heavy atom. The number of hydrogen-bond acceptors (Lipinski definition) is 6. The molecule has 0 N–H and O–H groups in total. The van der Waals surface area contributed by atoms with Gasteiger partial charge in [-0.2, -0.15) is 0 Å². The number of carbonyl (C=O) groups is 1. The fourth-order valence-corrected chi connectivity index (χ4v) is 4.50. The number of hydrogen-bond donors (Lipinski definition) is 0. The van der Waals surface area contributed by atoms with Gasteiger partial charge in [0.15, 0.2) is 0 Å². The van der Waals surface area contributed by atoms with Crippen LogP contribution in [0.3, 0.4) is 0 Å². The average molecular weight is 308 g/mol. The zero-order valence-electron chi connectivity index (χ0n) is 11.3. The van der Waals surface area contributed by atoms with Crippen molar-refractivity contribution in [3.8, 4) is 0 Å². The summed E-state index contributed by atoms with van der Waals surface area (Å²) in [4.78, 5) is 12.2. The molecule has 1 aromatic rings. The predicted molar refractivity (Wildman–Crippen MR) is 76.2 cm³/mol. The van der Waals surface area contributed by atoms with Crippen molar-refractivity contribution in [3.63, 3.8) is 0 Å². The van der Waals surface area contributed by atoms with E-state index in [9.17, 15) is 4.79 Å². The van der Waals surface area contributed by atoms with Gasteiger partial charge >= 0.3 is 5.97 Å². The van der Waals surface area contributed by atoms with E-state index in [0.29, 0.717) is 18.8 Å². The maximum Gasteiger partial charge on any atom is 0.340 e. The first-order chi connectivity index (χ1) is 10.3. The van der Waals surface area contributed by atoms with Crippen molar-refractivity contribution in [1.29, 1.82) is 0 Å². The second-order valence-corrected chi connectivity index (χ2v) is 6.49. The summed E-state index contributed by atoms with van der Waals surface area (Å²) in [7, 11) is 0. The lowest BCUT2D eigenvalue weighted by molar-refractivity contribution is -0.178. The third-order valence-electron chi connectivity index (χ3n) is 3.98. The molecule has 3 aliphatic rings. The number of rotatable bonds is 2. The van der Waals surface area contributed by atoms with Crippen LogP contribution < -0.4 is 0 Å². The summed E-state index contributed by atoms with van der Waals surface area (Å²) in [5.74, 6) is 0.556. The van der Waals surface area contributed by atoms with Crippen LogP contribution in [0.2, 0.25) is 0 Å². The van der Waals surface area contributed by atoms with Crippen LogP contribution in [0.1, 0.15) is 10.4 Å². The van der Waals surface area contributed by atoms with Gasteiger partial charge in [0.2, 0.25) is 6.29 Å². The molecular weight excluding hydrogens is 292 g/mol. The molecule has 0 spiro atoms. The summed E-state index contributed by atoms with van der Waals surface area (Å²) in [6.07, 6.45) is -0.718. The zero-order chi connectivity index (χ0) is 14.2. The molecule has 1 aromatic carbocycles. The van der Waals surface area contributed by atoms with Gasteiger partial charge in [-0.15, -0.1) is 11.8 Å². The third kappa shape index (κ3) is 2.46. The highest BCUT2D eigenvalue weighted by Crippen LogP contribution is 2.44. The zero-order valence-corrected chi connectivity index (χ0v) is 12.2. The monoisotopic (exact) mass is 308 g/mol. The summed E-state index contributed by atoms with van der Waals surface area (Å²) in [5, 5.41) is 0.184. The Hall–Kier alpha value is -1.08. The number of benzene rings is 1. The maximum absolute atomic E-state index is 12.2. The lowest BCUT2D eigenvalue weighted by Crippen LogP contribution is -2.43. The Kier molecular flexibility index (Phi) is 3.62. The lowest BCUT2D eigenvalue weighted by Gasteiger charge is -2.30. The van der Waals surface area contributed by atoms with Crippen molar-refractivity contribution in [2.75, 3.05) is 19.0 Å². The minimum atomic E-state index is -0.660. The van der Waals surface area contributed by atoms with E-state index in [1.807, 2.05) is 30.0 Å². The highest BCUT2D eigenvalue weighted by molar-refractivity contribution is 8.00. The maximum atomic E-state index is 12.2. The molecule has 3 fully saturated rings. The number of carbonyl (C=O) groups excluding carboxylic acids is 1. The highest BCUT2D eigenvalue weighted by Gasteiger charge is 2.55. The van der Waals surface area contributed by atoms with E-state index in [1.54, 1.807) is 12.1 Å². The molecule has 0 aliphatic carbocycles. The van der Waals surface area contributed by atoms with E-state index in [-0.39, 0.29) is 29.5 Å². The van der Waals surface area contributed by atoms with Gasteiger partial charge in [-0.3, -0.25) is 0 Å². The largest absolute Gasteiger partial charge is 0.429 e. The topological polar surface area (TPSA) is 54.0 Å². The number of esters is 1. The average Bonchev–Trinajstić information content (AvgIpc) is 3.07. The molecule has 0 unspecified atom stereocenters. The van der Waals surface area contributed by atoms with Gasteiger partial charge in [-0.1, -0.05) is 18.2 Å². The molecule has 6 heteroatoms. The Labute approximate surface area is 126 Å². The minimum absolute atomic E-state index is 0.0876. The number of ether oxygens (including phenoxy) is 4. The molecular formula is C15H16O5S. The van der Waals surface area contributed by atoms with Crippen molar-refractivity contribution in [2.45, 2.75) is 29.9 Å². The highest BCUT2D eigenvalue weighted by atomic mass is 32.2. The molecule has 3 saturated heterocycles. The van der Waals surface area contributed by atoms with Gasteiger partial charge in [-0.05, 0) is 12.1 Å². The Bertz CT molecular complexity index is 522. The van der Waals surface area contributed by atoms with Crippen molar-refractivity contribution >= 4 is 17.7 Å². The summed E-state index contributed by atoms with van der Waals surface area (Å²) in [5.41, 5.74) is 0.520. The molecule has 5 atom stereocenters. The SMILES string of the molecule is O=C(O[C@H]1OCCO[C@@H]2[C@H]3SC[C@@H]2O[C@@H]13)c1ccccc1. The molecule has 5 nitrogen and oxygen atoms in total. The van der Waals surface area contributed by atoms with E-state index < -0.39 is 6.29 Å². The van der Waals surface area contributed by atoms with Crippen LogP contribution in [0.25, 0.3) is 0 Å². The molecule has 4 bridgehead atoms. The Morgan fingerprint density at radius 2 is 1.95 bits per heavy atom. The summed E-state index contributed by atoms with van der Waals surface area (Å²) in [6, 6.07) is 8.94. The standard InChI is InChI=1S/C15H16O5S/c16-14(9-4-2-1-3-5-9)20-15-12-13-11(17-6-7-18-15)10(19-12)8-21-13/h1-5,10-13,15H,6-8H2/t10-,11-,12+,13+,15+/m0/s1. The van der Waals surface area contributed by atoms with E-state index in [1.165, 1.54) is 0 Å². The summed E-state index contributed by atoms with van der Waals surface area (Å²) >= 11 is 1.81. The van der Waals surface area contributed by atoms with Crippen LogP contribution in [-0.4, -0.2) is 54.8 Å². The van der Waals surface area contributed by atoms with Crippen LogP contribution in [-0.2, 0) is 18.9 Å². The molecule has 0 aromatic heterocycles. The van der Waals surface area contributed by atoms with Crippen molar-refractivity contribution in [1.82, 2.24) is 0 Å². The van der Waals surface area contributed by atoms with Gasteiger partial charge in [0.1, 0.15) is 6.10 Å². The van der Waals surface area contributed by atoms with E-state index >= 15 is 0 Å². The van der Waals surface area contributed by atoms with Gasteiger partial charge in [0.05, 0.1) is 36.2 Å². The lowest BCUT2D eigenvalue weighted by atomic mass is 10.1. The molecule has 0 radical (unpaired) electrons. The Balaban J connectivity index is 1.50. The van der Waals surface area contributed by atoms with Crippen molar-refractivity contribution in [2.24, 2.45) is 0 Å². The van der Waals surface area contributed by atoms with Crippen molar-refractivity contribution < 1.29 is 23.7 Å². The molecule has 0 amide bonds. The normalized spacial score (nSPS) is 37.8. The first-order valence-corrected chi connectivity index (χ1v) is 8.14. The van der Waals surface area contributed by atoms with Gasteiger partial charge in [-0.25, -0.2) is 4.79 Å². The molecule has 0 saturated carbocycles. The molecule has 3 heterocycles. The minimum Gasteiger partial charge on any atom is -0.429 e. The van der Waals surface area contributed by atoms with E-state index in [0.717, 1.165) is 5.75 Å². The number of thioether (sulfide) groups is 1. The molecule has 112 valence electrons. The third-order valence-corrected chi connectivity index (χ3v) is 5.42. The molecule has 21 heavy (non-hydrogen) atoms. The van der Waals surface area contributed by atoms with Gasteiger partial charge < -0.3 is 18.9 Å². The molecule has 3 aliphatic heterocycles. The second-order valence-electron chi connectivity index (χ2n) is 5.28. The summed E-state index contributed by atoms with van der Waals surface area (Å²) < 4.78 is 22.9. The van der Waals surface area contributed by atoms with Crippen LogP contribution in [0.5, 0.6) is 0 Å². The smallest absolute Gasteiger partial charge is 0.340 e. The van der Waals surface area contributed by atoms with E-state index in [2.05, 4.69) is 0 Å². The fraction of sp³-hybridized carbons (Fsp3) is 0.533. The molecule has 4 rings (SSSR count). The first kappa shape index (κ1) is 13.6. The van der Waals surface area contributed by atoms with Crippen LogP contribution >= 0.6 is 11.8 Å². The van der Waals surface area contributed by atoms with Gasteiger partial charge in [0.25, 0.3) is 0 Å². The van der Waals surface area contributed by atoms with Crippen LogP contribution in [0.15, 0.2) is 30.3 Å². The van der Waals surface area contributed by atoms with Crippen LogP contribution in [0.4, 0.5) is 0 Å². The second kappa shape index (κ2) is 5.61. The fourth-order valence-electron chi connectivity index (χ4n) is 3.00. The quantitative estimate of drug-likeness (QED) is 0.771. The van der Waals surface area contributed by atoms with E-state index in [4.69, 9.17) is 18.9 Å². The summed E-state index contributed by atoms with van der Waals surface area (Å²) in [6.45, 7) is 0.918. The van der Waals surface area contributed by atoms with Gasteiger partial charge in [0, 0.05) is 5.75 Å². The first-order valence-electron chi connectivity index (χ1n) is 7.09.